The molecule has 0 amide bonds. The fourth-order valence-electron chi connectivity index (χ4n) is 2.61. The average Bonchev–Trinajstić information content (AvgIpc) is 2.71. The Bertz CT molecular complexity index is 1080. The highest BCUT2D eigenvalue weighted by Crippen LogP contribution is 2.33. The van der Waals surface area contributed by atoms with Gasteiger partial charge < -0.3 is 19.2 Å². The number of ether oxygens (including phenoxy) is 3. The number of aromatic amines is 1. The predicted octanol–water partition coefficient (Wildman–Crippen LogP) is 2.51. The summed E-state index contributed by atoms with van der Waals surface area (Å²) in [5.41, 5.74) is 0.950. The van der Waals surface area contributed by atoms with E-state index < -0.39 is 5.97 Å². The highest BCUT2D eigenvalue weighted by Gasteiger charge is 2.20. The number of benzene rings is 1. The standard InChI is InChI=1S/C18H17N3O5S/c1-24-12-6-5-9(7-13(12)25-2)14-10(17(23)26-3)8-11-15(19-14)20-18(27-4)21-16(11)22/h5-8H,1-4H3,(H,19,20,21,22). The fourth-order valence-corrected chi connectivity index (χ4v) is 2.98. The second kappa shape index (κ2) is 7.67. The molecule has 0 aliphatic rings. The third-order valence-electron chi connectivity index (χ3n) is 3.93. The molecule has 3 rings (SSSR count). The largest absolute Gasteiger partial charge is 0.493 e. The number of esters is 1. The summed E-state index contributed by atoms with van der Waals surface area (Å²) >= 11 is 1.29. The van der Waals surface area contributed by atoms with E-state index in [1.807, 2.05) is 0 Å². The van der Waals surface area contributed by atoms with Crippen LogP contribution in [-0.2, 0) is 4.74 Å². The lowest BCUT2D eigenvalue weighted by atomic mass is 10.0. The van der Waals surface area contributed by atoms with Crippen LogP contribution < -0.4 is 15.0 Å². The Kier molecular flexibility index (Phi) is 5.31. The van der Waals surface area contributed by atoms with E-state index in [1.165, 1.54) is 39.2 Å². The van der Waals surface area contributed by atoms with Gasteiger partial charge in [-0.25, -0.2) is 14.8 Å². The lowest BCUT2D eigenvalue weighted by molar-refractivity contribution is 0.0601. The Morgan fingerprint density at radius 2 is 1.81 bits per heavy atom. The highest BCUT2D eigenvalue weighted by atomic mass is 32.2. The highest BCUT2D eigenvalue weighted by molar-refractivity contribution is 7.98. The second-order valence-electron chi connectivity index (χ2n) is 5.39. The van der Waals surface area contributed by atoms with E-state index in [9.17, 15) is 9.59 Å². The van der Waals surface area contributed by atoms with Crippen LogP contribution in [0, 0.1) is 0 Å². The van der Waals surface area contributed by atoms with Crippen LogP contribution in [0.3, 0.4) is 0 Å². The molecule has 0 aliphatic heterocycles. The molecule has 2 heterocycles. The topological polar surface area (TPSA) is 103 Å². The molecule has 1 aromatic carbocycles. The SMILES string of the molecule is COC(=O)c1cc2c(=O)[nH]c(SC)nc2nc1-c1ccc(OC)c(OC)c1. The molecule has 0 unspecified atom stereocenters. The van der Waals surface area contributed by atoms with Crippen LogP contribution in [0.4, 0.5) is 0 Å². The molecule has 0 aliphatic carbocycles. The van der Waals surface area contributed by atoms with Crippen molar-refractivity contribution in [2.75, 3.05) is 27.6 Å². The minimum Gasteiger partial charge on any atom is -0.493 e. The molecule has 0 atom stereocenters. The van der Waals surface area contributed by atoms with Crippen molar-refractivity contribution in [3.63, 3.8) is 0 Å². The van der Waals surface area contributed by atoms with Crippen molar-refractivity contribution in [1.82, 2.24) is 15.0 Å². The molecule has 3 aromatic rings. The number of methoxy groups -OCH3 is 3. The summed E-state index contributed by atoms with van der Waals surface area (Å²) in [5, 5.41) is 0.640. The molecule has 1 N–H and O–H groups in total. The predicted molar refractivity (Wildman–Crippen MR) is 102 cm³/mol. The normalized spacial score (nSPS) is 10.7. The number of carbonyl (C=O) groups is 1. The van der Waals surface area contributed by atoms with Crippen LogP contribution in [-0.4, -0.2) is 48.5 Å². The quantitative estimate of drug-likeness (QED) is 0.405. The summed E-state index contributed by atoms with van der Waals surface area (Å²) in [6, 6.07) is 6.59. The van der Waals surface area contributed by atoms with Gasteiger partial charge in [-0.1, -0.05) is 11.8 Å². The van der Waals surface area contributed by atoms with Crippen LogP contribution in [0.25, 0.3) is 22.3 Å². The van der Waals surface area contributed by atoms with Crippen molar-refractivity contribution in [3.05, 3.63) is 40.2 Å². The summed E-state index contributed by atoms with van der Waals surface area (Å²) in [4.78, 5) is 36.1. The lowest BCUT2D eigenvalue weighted by Crippen LogP contribution is -2.13. The molecule has 0 saturated carbocycles. The van der Waals surface area contributed by atoms with Gasteiger partial charge in [-0.05, 0) is 30.5 Å². The van der Waals surface area contributed by atoms with Gasteiger partial charge in [-0.15, -0.1) is 0 Å². The van der Waals surface area contributed by atoms with Crippen molar-refractivity contribution in [3.8, 4) is 22.8 Å². The van der Waals surface area contributed by atoms with Crippen molar-refractivity contribution < 1.29 is 19.0 Å². The van der Waals surface area contributed by atoms with E-state index in [-0.39, 0.29) is 22.2 Å². The Balaban J connectivity index is 2.32. The van der Waals surface area contributed by atoms with Crippen LogP contribution in [0.15, 0.2) is 34.2 Å². The zero-order chi connectivity index (χ0) is 19.6. The summed E-state index contributed by atoms with van der Waals surface area (Å²) in [6.45, 7) is 0. The molecule has 2 aromatic heterocycles. The number of nitrogens with zero attached hydrogens (tertiary/aromatic N) is 2. The first kappa shape index (κ1) is 18.7. The van der Waals surface area contributed by atoms with Crippen LogP contribution >= 0.6 is 11.8 Å². The van der Waals surface area contributed by atoms with Gasteiger partial charge in [0.2, 0.25) is 0 Å². The van der Waals surface area contributed by atoms with Gasteiger partial charge in [-0.3, -0.25) is 4.79 Å². The number of carbonyl (C=O) groups excluding carboxylic acids is 1. The van der Waals surface area contributed by atoms with E-state index >= 15 is 0 Å². The number of thioether (sulfide) groups is 1. The van der Waals surface area contributed by atoms with Crippen LogP contribution in [0.5, 0.6) is 11.5 Å². The fraction of sp³-hybridized carbons (Fsp3) is 0.222. The van der Waals surface area contributed by atoms with E-state index in [0.29, 0.717) is 27.9 Å². The number of fused-ring (bicyclic) bond motifs is 1. The number of aromatic nitrogens is 3. The number of nitrogens with one attached hydrogen (secondary N) is 1. The molecule has 0 bridgehead atoms. The molecule has 8 nitrogen and oxygen atoms in total. The van der Waals surface area contributed by atoms with E-state index in [1.54, 1.807) is 24.5 Å². The maximum Gasteiger partial charge on any atom is 0.340 e. The maximum atomic E-state index is 12.3. The Hall–Kier alpha value is -3.07. The first-order valence-corrected chi connectivity index (χ1v) is 9.04. The zero-order valence-corrected chi connectivity index (χ0v) is 16.0. The summed E-state index contributed by atoms with van der Waals surface area (Å²) < 4.78 is 15.4. The van der Waals surface area contributed by atoms with Crippen molar-refractivity contribution in [2.45, 2.75) is 5.16 Å². The monoisotopic (exact) mass is 387 g/mol. The van der Waals surface area contributed by atoms with Crippen molar-refractivity contribution >= 4 is 28.8 Å². The maximum absolute atomic E-state index is 12.3. The van der Waals surface area contributed by atoms with Gasteiger partial charge in [0, 0.05) is 5.56 Å². The van der Waals surface area contributed by atoms with Gasteiger partial charge >= 0.3 is 5.97 Å². The van der Waals surface area contributed by atoms with Crippen LogP contribution in [0.2, 0.25) is 0 Å². The molecule has 0 spiro atoms. The minimum absolute atomic E-state index is 0.154. The molecular weight excluding hydrogens is 370 g/mol. The van der Waals surface area contributed by atoms with Crippen LogP contribution in [0.1, 0.15) is 10.4 Å². The van der Waals surface area contributed by atoms with Crippen molar-refractivity contribution in [2.24, 2.45) is 0 Å². The Morgan fingerprint density at radius 1 is 1.07 bits per heavy atom. The van der Waals surface area contributed by atoms with Gasteiger partial charge in [0.1, 0.15) is 0 Å². The van der Waals surface area contributed by atoms with Gasteiger partial charge in [0.15, 0.2) is 22.3 Å². The third-order valence-corrected chi connectivity index (χ3v) is 4.51. The molecule has 0 radical (unpaired) electrons. The number of hydrogen-bond acceptors (Lipinski definition) is 8. The lowest BCUT2D eigenvalue weighted by Gasteiger charge is -2.12. The molecular formula is C18H17N3O5S. The van der Waals surface area contributed by atoms with E-state index in [0.717, 1.165) is 0 Å². The van der Waals surface area contributed by atoms with Gasteiger partial charge in [0.25, 0.3) is 5.56 Å². The third kappa shape index (κ3) is 3.45. The van der Waals surface area contributed by atoms with Gasteiger partial charge in [0.05, 0.1) is 38.0 Å². The molecule has 0 saturated heterocycles. The first-order chi connectivity index (χ1) is 13.0. The number of pyridine rings is 1. The summed E-state index contributed by atoms with van der Waals surface area (Å²) in [5.74, 6) is 0.416. The molecule has 0 fully saturated rings. The Morgan fingerprint density at radius 3 is 2.44 bits per heavy atom. The second-order valence-corrected chi connectivity index (χ2v) is 6.19. The molecule has 27 heavy (non-hydrogen) atoms. The number of rotatable bonds is 5. The summed E-state index contributed by atoms with van der Waals surface area (Å²) in [7, 11) is 4.32. The Labute approximate surface area is 158 Å². The zero-order valence-electron chi connectivity index (χ0n) is 15.2. The number of H-pyrrole nitrogens is 1. The molecule has 140 valence electrons. The molecule has 9 heteroatoms. The smallest absolute Gasteiger partial charge is 0.340 e. The van der Waals surface area contributed by atoms with E-state index in [2.05, 4.69) is 15.0 Å². The van der Waals surface area contributed by atoms with Crippen molar-refractivity contribution in [1.29, 1.82) is 0 Å². The average molecular weight is 387 g/mol. The minimum atomic E-state index is -0.609. The first-order valence-electron chi connectivity index (χ1n) is 7.82. The van der Waals surface area contributed by atoms with E-state index in [4.69, 9.17) is 14.2 Å². The van der Waals surface area contributed by atoms with Gasteiger partial charge in [-0.2, -0.15) is 0 Å². The summed E-state index contributed by atoms with van der Waals surface area (Å²) in [6.07, 6.45) is 1.79. The number of hydrogen-bond donors (Lipinski definition) is 1.